The van der Waals surface area contributed by atoms with Crippen molar-refractivity contribution in [3.05, 3.63) is 60.2 Å². The smallest absolute Gasteiger partial charge is 0.193 e. The minimum atomic E-state index is 0. The number of nitrogens with two attached hydrogens (primary N) is 1. The van der Waals surface area contributed by atoms with E-state index in [-0.39, 0.29) is 24.0 Å². The third kappa shape index (κ3) is 7.03. The molecule has 1 heterocycles. The molecule has 2 aromatic carbocycles. The normalized spacial score (nSPS) is 17.4. The Morgan fingerprint density at radius 2 is 1.93 bits per heavy atom. The number of benzene rings is 2. The van der Waals surface area contributed by atoms with E-state index < -0.39 is 0 Å². The van der Waals surface area contributed by atoms with Gasteiger partial charge >= 0.3 is 0 Å². The first-order chi connectivity index (χ1) is 12.7. The molecule has 0 spiro atoms. The van der Waals surface area contributed by atoms with E-state index in [0.29, 0.717) is 11.9 Å². The largest absolute Gasteiger partial charge is 0.497 e. The van der Waals surface area contributed by atoms with Crippen molar-refractivity contribution in [3.63, 3.8) is 0 Å². The average molecular weight is 480 g/mol. The summed E-state index contributed by atoms with van der Waals surface area (Å²) in [6.45, 7) is 4.14. The predicted octanol–water partition coefficient (Wildman–Crippen LogP) is 3.60. The Balaban J connectivity index is 0.00000261. The van der Waals surface area contributed by atoms with E-state index in [0.717, 1.165) is 44.0 Å². The van der Waals surface area contributed by atoms with Gasteiger partial charge in [-0.1, -0.05) is 30.3 Å². The summed E-state index contributed by atoms with van der Waals surface area (Å²) >= 11 is 0. The molecular weight excluding hydrogens is 451 g/mol. The average Bonchev–Trinajstić information content (AvgIpc) is 3.14. The number of rotatable bonds is 7. The van der Waals surface area contributed by atoms with Crippen molar-refractivity contribution in [3.8, 4) is 5.75 Å². The second kappa shape index (κ2) is 11.1. The van der Waals surface area contributed by atoms with Crippen molar-refractivity contribution >= 4 is 35.6 Å². The lowest BCUT2D eigenvalue weighted by atomic mass is 10.1. The van der Waals surface area contributed by atoms with Crippen LogP contribution in [0.3, 0.4) is 0 Å². The van der Waals surface area contributed by atoms with Gasteiger partial charge in [-0.3, -0.25) is 4.99 Å². The first-order valence-corrected chi connectivity index (χ1v) is 9.20. The van der Waals surface area contributed by atoms with Crippen molar-refractivity contribution in [2.24, 2.45) is 16.6 Å². The molecule has 1 fully saturated rings. The molecule has 2 aromatic rings. The number of anilines is 1. The maximum Gasteiger partial charge on any atom is 0.193 e. The summed E-state index contributed by atoms with van der Waals surface area (Å²) in [5.74, 6) is 1.88. The van der Waals surface area contributed by atoms with Crippen LogP contribution in [-0.2, 0) is 6.42 Å². The number of halogens is 1. The fraction of sp³-hybridized carbons (Fsp3) is 0.381. The lowest BCUT2D eigenvalue weighted by Gasteiger charge is -2.15. The molecule has 1 atom stereocenters. The number of nitrogens with zero attached hydrogens (tertiary/aromatic N) is 2. The van der Waals surface area contributed by atoms with Crippen LogP contribution in [0, 0.1) is 5.92 Å². The molecular formula is C21H29IN4O. The number of methoxy groups -OCH3 is 1. The second-order valence-electron chi connectivity index (χ2n) is 6.77. The first kappa shape index (κ1) is 21.5. The van der Waals surface area contributed by atoms with E-state index in [1.54, 1.807) is 7.11 Å². The van der Waals surface area contributed by atoms with E-state index in [4.69, 9.17) is 10.5 Å². The molecule has 0 amide bonds. The van der Waals surface area contributed by atoms with E-state index in [1.165, 1.54) is 12.0 Å². The highest BCUT2D eigenvalue weighted by Crippen LogP contribution is 2.18. The topological polar surface area (TPSA) is 62.9 Å². The van der Waals surface area contributed by atoms with Gasteiger partial charge in [-0.2, -0.15) is 0 Å². The highest BCUT2D eigenvalue weighted by molar-refractivity contribution is 14.0. The van der Waals surface area contributed by atoms with Crippen LogP contribution < -0.4 is 15.8 Å². The molecule has 3 rings (SSSR count). The Labute approximate surface area is 179 Å². The maximum absolute atomic E-state index is 6.02. The summed E-state index contributed by atoms with van der Waals surface area (Å²) in [4.78, 5) is 7.05. The van der Waals surface area contributed by atoms with Gasteiger partial charge in [-0.25, -0.2) is 0 Å². The van der Waals surface area contributed by atoms with Crippen LogP contribution >= 0.6 is 24.0 Å². The molecule has 0 aliphatic carbocycles. The molecule has 6 heteroatoms. The van der Waals surface area contributed by atoms with E-state index in [2.05, 4.69) is 45.5 Å². The van der Waals surface area contributed by atoms with Gasteiger partial charge in [0.2, 0.25) is 0 Å². The third-order valence-electron chi connectivity index (χ3n) is 4.81. The lowest BCUT2D eigenvalue weighted by molar-refractivity contribution is 0.330. The second-order valence-corrected chi connectivity index (χ2v) is 6.77. The van der Waals surface area contributed by atoms with Gasteiger partial charge in [0.25, 0.3) is 0 Å². The molecule has 1 unspecified atom stereocenters. The van der Waals surface area contributed by atoms with Crippen molar-refractivity contribution < 1.29 is 4.74 Å². The van der Waals surface area contributed by atoms with Gasteiger partial charge in [-0.15, -0.1) is 24.0 Å². The van der Waals surface area contributed by atoms with Crippen LogP contribution in [-0.4, -0.2) is 44.1 Å². The number of nitrogens with one attached hydrogen (secondary N) is 1. The van der Waals surface area contributed by atoms with Crippen LogP contribution in [0.25, 0.3) is 0 Å². The SMILES string of the molecule is COc1ccc(NC(N)=NCC2CCN(CCc3ccccc3)C2)cc1.I. The van der Waals surface area contributed by atoms with Crippen LogP contribution in [0.5, 0.6) is 5.75 Å². The van der Waals surface area contributed by atoms with Gasteiger partial charge < -0.3 is 20.7 Å². The summed E-state index contributed by atoms with van der Waals surface area (Å²) in [6, 6.07) is 18.3. The maximum atomic E-state index is 6.02. The number of likely N-dealkylation sites (tertiary alicyclic amines) is 1. The number of hydrogen-bond donors (Lipinski definition) is 2. The summed E-state index contributed by atoms with van der Waals surface area (Å²) < 4.78 is 5.15. The van der Waals surface area contributed by atoms with Crippen LogP contribution in [0.15, 0.2) is 59.6 Å². The Bertz CT molecular complexity index is 706. The van der Waals surface area contributed by atoms with Crippen molar-refractivity contribution in [1.29, 1.82) is 0 Å². The number of aliphatic imine (C=N–C) groups is 1. The van der Waals surface area contributed by atoms with Crippen molar-refractivity contribution in [1.82, 2.24) is 4.90 Å². The molecule has 5 nitrogen and oxygen atoms in total. The highest BCUT2D eigenvalue weighted by Gasteiger charge is 2.21. The van der Waals surface area contributed by atoms with E-state index >= 15 is 0 Å². The molecule has 3 N–H and O–H groups in total. The Kier molecular flexibility index (Phi) is 8.87. The first-order valence-electron chi connectivity index (χ1n) is 9.20. The van der Waals surface area contributed by atoms with Gasteiger partial charge in [0.1, 0.15) is 5.75 Å². The fourth-order valence-electron chi connectivity index (χ4n) is 3.29. The standard InChI is InChI=1S/C21H28N4O.HI/c1-26-20-9-7-19(8-10-20)24-21(22)23-15-18-12-14-25(16-18)13-11-17-5-3-2-4-6-17;/h2-10,18H,11-16H2,1H3,(H3,22,23,24);1H. The molecule has 0 radical (unpaired) electrons. The molecule has 27 heavy (non-hydrogen) atoms. The van der Waals surface area contributed by atoms with Crippen molar-refractivity contribution in [2.75, 3.05) is 38.6 Å². The van der Waals surface area contributed by atoms with Gasteiger partial charge in [0.15, 0.2) is 5.96 Å². The summed E-state index contributed by atoms with van der Waals surface area (Å²) in [5, 5.41) is 3.13. The number of guanidine groups is 1. The fourth-order valence-corrected chi connectivity index (χ4v) is 3.29. The number of ether oxygens (including phenoxy) is 1. The molecule has 0 aromatic heterocycles. The van der Waals surface area contributed by atoms with Crippen LogP contribution in [0.4, 0.5) is 5.69 Å². The van der Waals surface area contributed by atoms with Gasteiger partial charge in [-0.05, 0) is 55.1 Å². The molecule has 146 valence electrons. The van der Waals surface area contributed by atoms with Crippen LogP contribution in [0.2, 0.25) is 0 Å². The molecule has 1 saturated heterocycles. The molecule has 0 bridgehead atoms. The van der Waals surface area contributed by atoms with Gasteiger partial charge in [0.05, 0.1) is 7.11 Å². The summed E-state index contributed by atoms with van der Waals surface area (Å²) in [6.07, 6.45) is 2.30. The van der Waals surface area contributed by atoms with Crippen LogP contribution in [0.1, 0.15) is 12.0 Å². The monoisotopic (exact) mass is 480 g/mol. The zero-order chi connectivity index (χ0) is 18.2. The minimum Gasteiger partial charge on any atom is -0.497 e. The Morgan fingerprint density at radius 1 is 1.19 bits per heavy atom. The molecule has 1 aliphatic heterocycles. The number of hydrogen-bond acceptors (Lipinski definition) is 3. The zero-order valence-electron chi connectivity index (χ0n) is 15.8. The Morgan fingerprint density at radius 3 is 2.63 bits per heavy atom. The minimum absolute atomic E-state index is 0. The summed E-state index contributed by atoms with van der Waals surface area (Å²) in [7, 11) is 1.66. The summed E-state index contributed by atoms with van der Waals surface area (Å²) in [5.41, 5.74) is 8.34. The predicted molar refractivity (Wildman–Crippen MR) is 123 cm³/mol. The lowest BCUT2D eigenvalue weighted by Crippen LogP contribution is -2.26. The van der Waals surface area contributed by atoms with Crippen molar-refractivity contribution in [2.45, 2.75) is 12.8 Å². The highest BCUT2D eigenvalue weighted by atomic mass is 127. The van der Waals surface area contributed by atoms with E-state index in [1.807, 2.05) is 24.3 Å². The Hall–Kier alpha value is -1.80. The zero-order valence-corrected chi connectivity index (χ0v) is 18.1. The van der Waals surface area contributed by atoms with Gasteiger partial charge in [0, 0.05) is 25.3 Å². The molecule has 0 saturated carbocycles. The third-order valence-corrected chi connectivity index (χ3v) is 4.81. The quantitative estimate of drug-likeness (QED) is 0.361. The van der Waals surface area contributed by atoms with E-state index in [9.17, 15) is 0 Å². The molecule has 1 aliphatic rings.